The molecule has 0 bridgehead atoms. The Morgan fingerprint density at radius 1 is 1.16 bits per heavy atom. The highest BCUT2D eigenvalue weighted by Gasteiger charge is 2.09. The number of rotatable bonds is 6. The third kappa shape index (κ3) is 4.73. The Kier molecular flexibility index (Phi) is 5.18. The highest BCUT2D eigenvalue weighted by atomic mass is 19.1. The number of carbonyl (C=O) groups is 1. The Morgan fingerprint density at radius 3 is 2.72 bits per heavy atom. The van der Waals surface area contributed by atoms with Gasteiger partial charge in [-0.25, -0.2) is 4.39 Å². The predicted octanol–water partition coefficient (Wildman–Crippen LogP) is 3.09. The molecule has 0 spiro atoms. The smallest absolute Gasteiger partial charge is 0.247 e. The fraction of sp³-hybridized carbons (Fsp3) is 0.211. The van der Waals surface area contributed by atoms with Crippen LogP contribution in [0.5, 0.6) is 0 Å². The van der Waals surface area contributed by atoms with Crippen molar-refractivity contribution in [2.24, 2.45) is 0 Å². The maximum absolute atomic E-state index is 12.8. The second kappa shape index (κ2) is 7.70. The van der Waals surface area contributed by atoms with Gasteiger partial charge in [-0.05, 0) is 36.8 Å². The zero-order valence-corrected chi connectivity index (χ0v) is 13.8. The van der Waals surface area contributed by atoms with Gasteiger partial charge >= 0.3 is 0 Å². The lowest BCUT2D eigenvalue weighted by atomic mass is 10.1. The number of amides is 1. The minimum atomic E-state index is -0.315. The molecular formula is C19H18FN3O2. The first kappa shape index (κ1) is 16.8. The van der Waals surface area contributed by atoms with Gasteiger partial charge in [-0.15, -0.1) is 10.2 Å². The summed E-state index contributed by atoms with van der Waals surface area (Å²) < 4.78 is 18.5. The van der Waals surface area contributed by atoms with Crippen LogP contribution in [0, 0.1) is 12.7 Å². The van der Waals surface area contributed by atoms with E-state index in [9.17, 15) is 9.18 Å². The van der Waals surface area contributed by atoms with Crippen LogP contribution < -0.4 is 5.32 Å². The van der Waals surface area contributed by atoms with Crippen molar-refractivity contribution < 1.29 is 13.6 Å². The Hall–Kier alpha value is -3.02. The first-order valence-corrected chi connectivity index (χ1v) is 8.01. The topological polar surface area (TPSA) is 68.0 Å². The Morgan fingerprint density at radius 2 is 1.96 bits per heavy atom. The van der Waals surface area contributed by atoms with Gasteiger partial charge in [0.2, 0.25) is 17.7 Å². The highest BCUT2D eigenvalue weighted by molar-refractivity contribution is 5.78. The van der Waals surface area contributed by atoms with Gasteiger partial charge in [-0.1, -0.05) is 29.8 Å². The van der Waals surface area contributed by atoms with Crippen molar-refractivity contribution >= 4 is 5.91 Å². The van der Waals surface area contributed by atoms with Gasteiger partial charge in [0.25, 0.3) is 0 Å². The van der Waals surface area contributed by atoms with E-state index in [1.54, 1.807) is 12.1 Å². The molecule has 0 atom stereocenters. The summed E-state index contributed by atoms with van der Waals surface area (Å²) in [5, 5.41) is 10.8. The van der Waals surface area contributed by atoms with E-state index in [1.165, 1.54) is 12.1 Å². The molecule has 1 heterocycles. The largest absolute Gasteiger partial charge is 0.421 e. The molecule has 3 rings (SSSR count). The van der Waals surface area contributed by atoms with Gasteiger partial charge in [0.05, 0.1) is 6.42 Å². The lowest BCUT2D eigenvalue weighted by Crippen LogP contribution is -2.27. The lowest BCUT2D eigenvalue weighted by Gasteiger charge is -2.03. The van der Waals surface area contributed by atoms with Crippen LogP contribution in [0.1, 0.15) is 17.0 Å². The van der Waals surface area contributed by atoms with Gasteiger partial charge in [0.1, 0.15) is 5.82 Å². The SMILES string of the molecule is Cc1cccc(-c2nnc(CCNC(=O)Cc3ccc(F)cc3)o2)c1. The van der Waals surface area contributed by atoms with Crippen molar-refractivity contribution in [3.05, 3.63) is 71.4 Å². The number of hydrogen-bond donors (Lipinski definition) is 1. The molecule has 0 aliphatic carbocycles. The molecular weight excluding hydrogens is 321 g/mol. The quantitative estimate of drug-likeness (QED) is 0.749. The number of benzene rings is 2. The highest BCUT2D eigenvalue weighted by Crippen LogP contribution is 2.18. The molecule has 0 unspecified atom stereocenters. The van der Waals surface area contributed by atoms with Gasteiger partial charge < -0.3 is 9.73 Å². The number of nitrogens with zero attached hydrogens (tertiary/aromatic N) is 2. The van der Waals surface area contributed by atoms with Gasteiger partial charge in [-0.2, -0.15) is 0 Å². The molecule has 0 saturated carbocycles. The summed E-state index contributed by atoms with van der Waals surface area (Å²) in [4.78, 5) is 11.9. The molecule has 25 heavy (non-hydrogen) atoms. The first-order valence-electron chi connectivity index (χ1n) is 8.01. The molecule has 0 saturated heterocycles. The zero-order valence-electron chi connectivity index (χ0n) is 13.8. The van der Waals surface area contributed by atoms with Crippen LogP contribution in [0.3, 0.4) is 0 Å². The number of nitrogens with one attached hydrogen (secondary N) is 1. The van der Waals surface area contributed by atoms with E-state index >= 15 is 0 Å². The Labute approximate surface area is 144 Å². The van der Waals surface area contributed by atoms with E-state index in [2.05, 4.69) is 15.5 Å². The van der Waals surface area contributed by atoms with Crippen LogP contribution in [0.4, 0.5) is 4.39 Å². The van der Waals surface area contributed by atoms with Crippen molar-refractivity contribution in [3.63, 3.8) is 0 Å². The standard InChI is InChI=1S/C19H18FN3O2/c1-13-3-2-4-15(11-13)19-23-22-18(25-19)9-10-21-17(24)12-14-5-7-16(20)8-6-14/h2-8,11H,9-10,12H2,1H3,(H,21,24). The van der Waals surface area contributed by atoms with E-state index in [0.717, 1.165) is 16.7 Å². The molecule has 1 amide bonds. The molecule has 0 radical (unpaired) electrons. The van der Waals surface area contributed by atoms with E-state index < -0.39 is 0 Å². The second-order valence-corrected chi connectivity index (χ2v) is 5.77. The molecule has 0 fully saturated rings. The number of carbonyl (C=O) groups excluding carboxylic acids is 1. The molecule has 5 nitrogen and oxygen atoms in total. The van der Waals surface area contributed by atoms with Crippen LogP contribution in [0.15, 0.2) is 52.9 Å². The monoisotopic (exact) mass is 339 g/mol. The zero-order chi connectivity index (χ0) is 17.6. The number of aromatic nitrogens is 2. The summed E-state index contributed by atoms with van der Waals surface area (Å²) in [6, 6.07) is 13.7. The van der Waals surface area contributed by atoms with E-state index in [0.29, 0.717) is 24.7 Å². The fourth-order valence-electron chi connectivity index (χ4n) is 2.41. The fourth-order valence-corrected chi connectivity index (χ4v) is 2.41. The van der Waals surface area contributed by atoms with Crippen molar-refractivity contribution in [1.82, 2.24) is 15.5 Å². The molecule has 128 valence electrons. The van der Waals surface area contributed by atoms with Crippen LogP contribution in [0.2, 0.25) is 0 Å². The normalized spacial score (nSPS) is 10.6. The maximum atomic E-state index is 12.8. The number of aryl methyl sites for hydroxylation is 1. The molecule has 6 heteroatoms. The van der Waals surface area contributed by atoms with Crippen LogP contribution >= 0.6 is 0 Å². The molecule has 1 aromatic heterocycles. The molecule has 1 N–H and O–H groups in total. The molecule has 0 aliphatic rings. The summed E-state index contributed by atoms with van der Waals surface area (Å²) in [6.07, 6.45) is 0.659. The lowest BCUT2D eigenvalue weighted by molar-refractivity contribution is -0.120. The summed E-state index contributed by atoms with van der Waals surface area (Å²) in [6.45, 7) is 2.40. The predicted molar refractivity (Wildman–Crippen MR) is 91.3 cm³/mol. The van der Waals surface area contributed by atoms with Crippen LogP contribution in [-0.4, -0.2) is 22.6 Å². The van der Waals surface area contributed by atoms with Crippen molar-refractivity contribution in [1.29, 1.82) is 0 Å². The van der Waals surface area contributed by atoms with Crippen molar-refractivity contribution in [3.8, 4) is 11.5 Å². The van der Waals surface area contributed by atoms with Crippen LogP contribution in [-0.2, 0) is 17.6 Å². The second-order valence-electron chi connectivity index (χ2n) is 5.77. The van der Waals surface area contributed by atoms with E-state index in [-0.39, 0.29) is 18.1 Å². The third-order valence-electron chi connectivity index (χ3n) is 3.67. The number of hydrogen-bond acceptors (Lipinski definition) is 4. The minimum absolute atomic E-state index is 0.134. The summed E-state index contributed by atoms with van der Waals surface area (Å²) >= 11 is 0. The molecule has 3 aromatic rings. The van der Waals surface area contributed by atoms with Crippen molar-refractivity contribution in [2.75, 3.05) is 6.54 Å². The van der Waals surface area contributed by atoms with Gasteiger partial charge in [-0.3, -0.25) is 4.79 Å². The molecule has 0 aliphatic heterocycles. The summed E-state index contributed by atoms with van der Waals surface area (Å²) in [5.41, 5.74) is 2.75. The van der Waals surface area contributed by atoms with E-state index in [4.69, 9.17) is 4.42 Å². The number of halogens is 1. The van der Waals surface area contributed by atoms with Crippen LogP contribution in [0.25, 0.3) is 11.5 Å². The average Bonchev–Trinajstić information content (AvgIpc) is 3.06. The van der Waals surface area contributed by atoms with Crippen molar-refractivity contribution in [2.45, 2.75) is 19.8 Å². The molecule has 2 aromatic carbocycles. The van der Waals surface area contributed by atoms with Gasteiger partial charge in [0.15, 0.2) is 0 Å². The summed E-state index contributed by atoms with van der Waals surface area (Å²) in [5.74, 6) is 0.491. The Bertz CT molecular complexity index is 859. The first-order chi connectivity index (χ1) is 12.1. The summed E-state index contributed by atoms with van der Waals surface area (Å²) in [7, 11) is 0. The van der Waals surface area contributed by atoms with Gasteiger partial charge in [0, 0.05) is 18.5 Å². The average molecular weight is 339 g/mol. The van der Waals surface area contributed by atoms with E-state index in [1.807, 2.05) is 31.2 Å². The third-order valence-corrected chi connectivity index (χ3v) is 3.67. The Balaban J connectivity index is 1.49. The maximum Gasteiger partial charge on any atom is 0.247 e. The minimum Gasteiger partial charge on any atom is -0.421 e.